The zero-order valence-electron chi connectivity index (χ0n) is 77.5. The summed E-state index contributed by atoms with van der Waals surface area (Å²) in [6.07, 6.45) is 60.9. The van der Waals surface area contributed by atoms with Gasteiger partial charge < -0.3 is 31.9 Å². The topological polar surface area (TPSA) is 194 Å². The fourth-order valence-electron chi connectivity index (χ4n) is 16.5. The Bertz CT molecular complexity index is 2370. The molecule has 0 aromatic heterocycles. The molecule has 0 fully saturated rings. The van der Waals surface area contributed by atoms with Gasteiger partial charge >= 0.3 is 0 Å². The van der Waals surface area contributed by atoms with Crippen molar-refractivity contribution in [1.82, 2.24) is 61.3 Å². The highest BCUT2D eigenvalue weighted by Crippen LogP contribution is 2.19. The molecule has 0 saturated heterocycles. The second-order valence-corrected chi connectivity index (χ2v) is 35.4. The molecule has 2 aromatic rings. The van der Waals surface area contributed by atoms with E-state index in [2.05, 4.69) is 151 Å². The molecular formula is C100H184N12O6. The lowest BCUT2D eigenvalue weighted by atomic mass is 10.1. The third-order valence-corrected chi connectivity index (χ3v) is 23.8. The van der Waals surface area contributed by atoms with E-state index in [0.29, 0.717) is 118 Å². The van der Waals surface area contributed by atoms with Crippen molar-refractivity contribution in [2.45, 2.75) is 402 Å². The molecule has 18 heteroatoms. The minimum absolute atomic E-state index is 0.0330. The molecule has 6 N–H and O–H groups in total. The zero-order valence-corrected chi connectivity index (χ0v) is 77.5. The molecule has 0 saturated carbocycles. The van der Waals surface area contributed by atoms with Gasteiger partial charge in [-0.1, -0.05) is 360 Å². The molecular weight excluding hydrogens is 1470 g/mol. The lowest BCUT2D eigenvalue weighted by Gasteiger charge is -2.28. The molecule has 680 valence electrons. The van der Waals surface area contributed by atoms with Crippen LogP contribution in [0.3, 0.4) is 0 Å². The molecule has 118 heavy (non-hydrogen) atoms. The van der Waals surface area contributed by atoms with Gasteiger partial charge in [-0.3, -0.25) is 58.2 Å². The summed E-state index contributed by atoms with van der Waals surface area (Å²) in [4.78, 5) is 98.0. The summed E-state index contributed by atoms with van der Waals surface area (Å²) in [5, 5.41) is 19.7. The lowest BCUT2D eigenvalue weighted by Crippen LogP contribution is -2.42. The second-order valence-electron chi connectivity index (χ2n) is 35.4. The molecule has 4 heterocycles. The van der Waals surface area contributed by atoms with E-state index in [9.17, 15) is 28.8 Å². The van der Waals surface area contributed by atoms with Crippen LogP contribution in [0.5, 0.6) is 0 Å². The molecule has 4 aliphatic heterocycles. The number of hydrogen-bond donors (Lipinski definition) is 6. The number of rotatable bonds is 66. The van der Waals surface area contributed by atoms with Crippen molar-refractivity contribution < 1.29 is 28.8 Å². The Balaban J connectivity index is 2.09. The number of carbonyl (C=O) groups is 6. The van der Waals surface area contributed by atoms with Crippen molar-refractivity contribution in [3.05, 3.63) is 70.8 Å². The number of hydrogen-bond acceptors (Lipinski definition) is 12. The Morgan fingerprint density at radius 3 is 0.475 bits per heavy atom. The maximum atomic E-state index is 14.1. The second kappa shape index (κ2) is 78.0. The lowest BCUT2D eigenvalue weighted by molar-refractivity contribution is -0.123. The molecule has 0 aliphatic carbocycles. The molecule has 6 rings (SSSR count). The minimum atomic E-state index is 0.0330. The summed E-state index contributed by atoms with van der Waals surface area (Å²) in [6.45, 7) is 26.9. The predicted molar refractivity (Wildman–Crippen MR) is 499 cm³/mol. The van der Waals surface area contributed by atoms with E-state index in [1.165, 1.54) is 231 Å². The van der Waals surface area contributed by atoms with Crippen molar-refractivity contribution in [2.24, 2.45) is 0 Å². The summed E-state index contributed by atoms with van der Waals surface area (Å²) >= 11 is 0. The van der Waals surface area contributed by atoms with Crippen LogP contribution in [-0.2, 0) is 54.9 Å². The Morgan fingerprint density at radius 1 is 0.195 bits per heavy atom. The Morgan fingerprint density at radius 2 is 0.322 bits per heavy atom. The molecule has 2 aromatic carbocycles. The number of amides is 6. The highest BCUT2D eigenvalue weighted by atomic mass is 16.2. The molecule has 4 aliphatic rings. The average molecular weight is 1650 g/mol. The van der Waals surface area contributed by atoms with Crippen LogP contribution in [0.1, 0.15) is 398 Å². The first-order chi connectivity index (χ1) is 57.9. The standard InChI is InChI=1S/C100H184N12O6/c1-7-13-19-25-31-37-43-49-67-101-95(113)85-107-73-55-77-109(87-97(115)103-69-51-45-39-33-27-21-15-9-3)81-91-59-63-93(64-60-91)83-111(89-99(117)105-71-53-47-41-35-29-23-17-11-5)79-57-75-108(86-96(114)102-68-50-44-38-32-26-20-14-8-2)76-58-80-112(90-100(118)106-72-54-48-42-36-30-24-18-12-6)84-94-65-61-92(62-66-94)82-110(78-56-74-107)88-98(116)104-70-52-46-40-34-28-22-16-10-4/h59-66H,7-58,67-90H2,1-6H3,(H,101,113)(H,102,114)(H,103,115)(H,104,116)(H,105,117)(H,106,118). The van der Waals surface area contributed by atoms with Crippen molar-refractivity contribution in [2.75, 3.05) is 131 Å². The van der Waals surface area contributed by atoms with Gasteiger partial charge in [-0.25, -0.2) is 0 Å². The molecule has 0 unspecified atom stereocenters. The van der Waals surface area contributed by atoms with Gasteiger partial charge in [0, 0.05) is 91.6 Å². The van der Waals surface area contributed by atoms with E-state index in [4.69, 9.17) is 0 Å². The van der Waals surface area contributed by atoms with Gasteiger partial charge in [-0.15, -0.1) is 0 Å². The van der Waals surface area contributed by atoms with E-state index >= 15 is 0 Å². The van der Waals surface area contributed by atoms with Crippen molar-refractivity contribution in [3.8, 4) is 0 Å². The summed E-state index contributed by atoms with van der Waals surface area (Å²) in [5.41, 5.74) is 4.43. The fourth-order valence-corrected chi connectivity index (χ4v) is 16.5. The molecule has 6 amide bonds. The van der Waals surface area contributed by atoms with Crippen LogP contribution in [0.2, 0.25) is 0 Å². The zero-order chi connectivity index (χ0) is 84.9. The van der Waals surface area contributed by atoms with Crippen LogP contribution < -0.4 is 31.9 Å². The van der Waals surface area contributed by atoms with Gasteiger partial charge in [0.1, 0.15) is 0 Å². The Hall–Kier alpha value is -4.98. The highest BCUT2D eigenvalue weighted by molar-refractivity contribution is 5.80. The van der Waals surface area contributed by atoms with Gasteiger partial charge in [0.25, 0.3) is 0 Å². The quantitative estimate of drug-likeness (QED) is 0.0344. The third kappa shape index (κ3) is 63.9. The number of unbranched alkanes of at least 4 members (excludes halogenated alkanes) is 42. The number of nitrogens with zero attached hydrogens (tertiary/aromatic N) is 6. The maximum Gasteiger partial charge on any atom is 0.234 e. The summed E-state index contributed by atoms with van der Waals surface area (Å²) in [6, 6.07) is 17.5. The first-order valence-corrected chi connectivity index (χ1v) is 50.0. The van der Waals surface area contributed by atoms with Crippen molar-refractivity contribution in [1.29, 1.82) is 0 Å². The third-order valence-electron chi connectivity index (χ3n) is 23.8. The van der Waals surface area contributed by atoms with E-state index in [1.807, 2.05) is 0 Å². The van der Waals surface area contributed by atoms with Crippen LogP contribution >= 0.6 is 0 Å². The van der Waals surface area contributed by atoms with E-state index in [-0.39, 0.29) is 74.7 Å². The molecule has 0 radical (unpaired) electrons. The number of carbonyl (C=O) groups excluding carboxylic acids is 6. The molecule has 0 atom stereocenters. The van der Waals surface area contributed by atoms with E-state index < -0.39 is 0 Å². The van der Waals surface area contributed by atoms with Crippen LogP contribution in [0.25, 0.3) is 0 Å². The SMILES string of the molecule is CCCCCCCCCCNC(=O)CN1CCCN(CC(=O)NCCCCCCCCCC)Cc2ccc(cc2)CN(CC(=O)NCCCCCCCCCC)CCCN(CC(=O)NCCCCCCCCCC)CCCN(CC(=O)NCCCCCCCCCC)Cc2ccc(cc2)CN(CC(=O)NCCCCCCCCCC)CCC1. The van der Waals surface area contributed by atoms with Crippen molar-refractivity contribution >= 4 is 35.4 Å². The fraction of sp³-hybridized carbons (Fsp3) is 0.820. The predicted octanol–water partition coefficient (Wildman–Crippen LogP) is 20.3. The summed E-state index contributed by atoms with van der Waals surface area (Å²) in [7, 11) is 0. The smallest absolute Gasteiger partial charge is 0.234 e. The first-order valence-electron chi connectivity index (χ1n) is 50.0. The van der Waals surface area contributed by atoms with E-state index in [1.54, 1.807) is 0 Å². The summed E-state index contributed by atoms with van der Waals surface area (Å²) in [5.74, 6) is 0.209. The van der Waals surface area contributed by atoms with Crippen LogP contribution in [-0.4, -0.2) is 196 Å². The van der Waals surface area contributed by atoms with Crippen LogP contribution in [0, 0.1) is 0 Å². The average Bonchev–Trinajstić information content (AvgIpc) is 0.879. The minimum Gasteiger partial charge on any atom is -0.355 e. The van der Waals surface area contributed by atoms with Gasteiger partial charge in [0.2, 0.25) is 35.4 Å². The molecule has 0 spiro atoms. The maximum absolute atomic E-state index is 14.1. The normalized spacial score (nSPS) is 14.8. The summed E-state index contributed by atoms with van der Waals surface area (Å²) < 4.78 is 0. The highest BCUT2D eigenvalue weighted by Gasteiger charge is 2.21. The molecule has 18 nitrogen and oxygen atoms in total. The van der Waals surface area contributed by atoms with E-state index in [0.717, 1.165) is 125 Å². The van der Waals surface area contributed by atoms with Gasteiger partial charge in [0.15, 0.2) is 0 Å². The molecule has 4 bridgehead atoms. The number of nitrogens with one attached hydrogen (secondary N) is 6. The monoisotopic (exact) mass is 1650 g/mol. The largest absolute Gasteiger partial charge is 0.355 e. The van der Waals surface area contributed by atoms with Crippen LogP contribution in [0.15, 0.2) is 48.5 Å². The van der Waals surface area contributed by atoms with Gasteiger partial charge in [-0.05, 0) is 113 Å². The first kappa shape index (κ1) is 107. The van der Waals surface area contributed by atoms with Gasteiger partial charge in [0.05, 0.1) is 39.3 Å². The Kier molecular flexibility index (Phi) is 70.9. The Labute approximate surface area is 724 Å². The van der Waals surface area contributed by atoms with Crippen molar-refractivity contribution in [3.63, 3.8) is 0 Å². The van der Waals surface area contributed by atoms with Crippen LogP contribution in [0.4, 0.5) is 0 Å². The van der Waals surface area contributed by atoms with Gasteiger partial charge in [-0.2, -0.15) is 0 Å². The number of benzene rings is 2.